The third-order valence-corrected chi connectivity index (χ3v) is 3.08. The fourth-order valence-electron chi connectivity index (χ4n) is 2.46. The molecule has 2 aliphatic heterocycles. The lowest BCUT2D eigenvalue weighted by molar-refractivity contribution is -0.153. The molecular weight excluding hydrogens is 192 g/mol. The number of hydrogen-bond acceptors (Lipinski definition) is 2. The van der Waals surface area contributed by atoms with Crippen molar-refractivity contribution < 1.29 is 9.59 Å². The average molecular weight is 210 g/mol. The number of carbonyl (C=O) groups excluding carboxylic acids is 2. The minimum Gasteiger partial charge on any atom is -0.331 e. The summed E-state index contributed by atoms with van der Waals surface area (Å²) in [4.78, 5) is 27.2. The normalized spacial score (nSPS) is 26.5. The van der Waals surface area contributed by atoms with Gasteiger partial charge in [-0.05, 0) is 18.8 Å². The maximum atomic E-state index is 12.0. The molecule has 4 heteroatoms. The summed E-state index contributed by atoms with van der Waals surface area (Å²) in [5, 5.41) is 0. The van der Waals surface area contributed by atoms with Gasteiger partial charge in [-0.1, -0.05) is 13.8 Å². The van der Waals surface area contributed by atoms with Gasteiger partial charge in [0.1, 0.15) is 6.04 Å². The first-order valence-electron chi connectivity index (χ1n) is 5.68. The lowest BCUT2D eigenvalue weighted by Crippen LogP contribution is -2.57. The molecule has 84 valence electrons. The topological polar surface area (TPSA) is 40.6 Å². The first-order chi connectivity index (χ1) is 7.09. The molecule has 2 saturated heterocycles. The van der Waals surface area contributed by atoms with Crippen molar-refractivity contribution in [2.24, 2.45) is 5.92 Å². The molecule has 2 fully saturated rings. The predicted molar refractivity (Wildman–Crippen MR) is 56.2 cm³/mol. The number of rotatable bonds is 2. The molecule has 0 saturated carbocycles. The quantitative estimate of drug-likeness (QED) is 0.665. The molecule has 0 aromatic heterocycles. The SMILES string of the molecule is CC(C)CN1CC(=O)N2CCCC2C1=O. The van der Waals surface area contributed by atoms with Crippen molar-refractivity contribution in [3.63, 3.8) is 0 Å². The lowest BCUT2D eigenvalue weighted by atomic mass is 10.1. The zero-order valence-corrected chi connectivity index (χ0v) is 9.40. The average Bonchev–Trinajstić information content (AvgIpc) is 2.61. The van der Waals surface area contributed by atoms with Gasteiger partial charge in [0.25, 0.3) is 0 Å². The summed E-state index contributed by atoms with van der Waals surface area (Å²) in [7, 11) is 0. The Morgan fingerprint density at radius 1 is 1.40 bits per heavy atom. The molecule has 2 heterocycles. The van der Waals surface area contributed by atoms with E-state index in [1.54, 1.807) is 9.80 Å². The number of hydrogen-bond donors (Lipinski definition) is 0. The van der Waals surface area contributed by atoms with Crippen LogP contribution in [0.3, 0.4) is 0 Å². The first-order valence-corrected chi connectivity index (χ1v) is 5.68. The largest absolute Gasteiger partial charge is 0.331 e. The van der Waals surface area contributed by atoms with Crippen molar-refractivity contribution in [2.75, 3.05) is 19.6 Å². The van der Waals surface area contributed by atoms with Gasteiger partial charge in [-0.15, -0.1) is 0 Å². The molecule has 2 rings (SSSR count). The molecule has 1 unspecified atom stereocenters. The summed E-state index contributed by atoms with van der Waals surface area (Å²) in [6.45, 7) is 5.89. The van der Waals surface area contributed by atoms with E-state index in [0.717, 1.165) is 19.4 Å². The van der Waals surface area contributed by atoms with Crippen molar-refractivity contribution in [1.29, 1.82) is 0 Å². The smallest absolute Gasteiger partial charge is 0.245 e. The fourth-order valence-corrected chi connectivity index (χ4v) is 2.46. The monoisotopic (exact) mass is 210 g/mol. The zero-order valence-electron chi connectivity index (χ0n) is 9.40. The van der Waals surface area contributed by atoms with Gasteiger partial charge < -0.3 is 9.80 Å². The molecule has 0 aromatic rings. The molecule has 0 radical (unpaired) electrons. The number of piperazine rings is 1. The molecule has 0 aliphatic carbocycles. The number of amides is 2. The van der Waals surface area contributed by atoms with Gasteiger partial charge in [0.2, 0.25) is 11.8 Å². The highest BCUT2D eigenvalue weighted by Gasteiger charge is 2.41. The summed E-state index contributed by atoms with van der Waals surface area (Å²) in [5.41, 5.74) is 0. The molecule has 0 bridgehead atoms. The maximum absolute atomic E-state index is 12.0. The third kappa shape index (κ3) is 1.85. The number of nitrogens with zero attached hydrogens (tertiary/aromatic N) is 2. The van der Waals surface area contributed by atoms with Crippen LogP contribution in [-0.2, 0) is 9.59 Å². The molecule has 15 heavy (non-hydrogen) atoms. The van der Waals surface area contributed by atoms with E-state index in [4.69, 9.17) is 0 Å². The van der Waals surface area contributed by atoms with E-state index in [1.165, 1.54) is 0 Å². The molecule has 4 nitrogen and oxygen atoms in total. The van der Waals surface area contributed by atoms with Crippen molar-refractivity contribution in [3.8, 4) is 0 Å². The van der Waals surface area contributed by atoms with E-state index in [0.29, 0.717) is 12.5 Å². The minimum absolute atomic E-state index is 0.123. The summed E-state index contributed by atoms with van der Waals surface area (Å²) >= 11 is 0. The predicted octanol–water partition coefficient (Wildman–Crippen LogP) is 0.476. The zero-order chi connectivity index (χ0) is 11.0. The van der Waals surface area contributed by atoms with Gasteiger partial charge >= 0.3 is 0 Å². The van der Waals surface area contributed by atoms with E-state index in [1.807, 2.05) is 0 Å². The number of carbonyl (C=O) groups is 2. The second-order valence-corrected chi connectivity index (χ2v) is 4.86. The first kappa shape index (κ1) is 10.5. The second-order valence-electron chi connectivity index (χ2n) is 4.86. The Kier molecular flexibility index (Phi) is 2.67. The van der Waals surface area contributed by atoms with Crippen LogP contribution in [0.2, 0.25) is 0 Å². The molecule has 0 spiro atoms. The Hall–Kier alpha value is -1.06. The molecule has 2 amide bonds. The maximum Gasteiger partial charge on any atom is 0.245 e. The molecule has 0 aromatic carbocycles. The standard InChI is InChI=1S/C11H18N2O2/c1-8(2)6-12-7-10(14)13-5-3-4-9(13)11(12)15/h8-9H,3-7H2,1-2H3. The minimum atomic E-state index is -0.148. The highest BCUT2D eigenvalue weighted by atomic mass is 16.2. The van der Waals surface area contributed by atoms with Crippen LogP contribution in [0.15, 0.2) is 0 Å². The van der Waals surface area contributed by atoms with Crippen LogP contribution in [0.5, 0.6) is 0 Å². The summed E-state index contributed by atoms with van der Waals surface area (Å²) in [5.74, 6) is 0.702. The Bertz CT molecular complexity index is 288. The van der Waals surface area contributed by atoms with Gasteiger partial charge in [-0.25, -0.2) is 0 Å². The lowest BCUT2D eigenvalue weighted by Gasteiger charge is -2.37. The van der Waals surface area contributed by atoms with Crippen molar-refractivity contribution >= 4 is 11.8 Å². The van der Waals surface area contributed by atoms with E-state index in [9.17, 15) is 9.59 Å². The summed E-state index contributed by atoms with van der Waals surface area (Å²) < 4.78 is 0. The van der Waals surface area contributed by atoms with Crippen LogP contribution in [0, 0.1) is 5.92 Å². The highest BCUT2D eigenvalue weighted by molar-refractivity contribution is 5.95. The van der Waals surface area contributed by atoms with Crippen LogP contribution in [-0.4, -0.2) is 47.3 Å². The van der Waals surface area contributed by atoms with Gasteiger partial charge in [-0.3, -0.25) is 9.59 Å². The van der Waals surface area contributed by atoms with Gasteiger partial charge in [-0.2, -0.15) is 0 Å². The van der Waals surface area contributed by atoms with Crippen molar-refractivity contribution in [3.05, 3.63) is 0 Å². The third-order valence-electron chi connectivity index (χ3n) is 3.08. The second kappa shape index (κ2) is 3.83. The van der Waals surface area contributed by atoms with Crippen molar-refractivity contribution in [2.45, 2.75) is 32.7 Å². The van der Waals surface area contributed by atoms with E-state index >= 15 is 0 Å². The Labute approximate surface area is 90.2 Å². The Morgan fingerprint density at radius 3 is 2.80 bits per heavy atom. The Balaban J connectivity index is 2.10. The van der Waals surface area contributed by atoms with E-state index in [-0.39, 0.29) is 24.4 Å². The Morgan fingerprint density at radius 2 is 2.13 bits per heavy atom. The summed E-state index contributed by atoms with van der Waals surface area (Å²) in [6, 6.07) is -0.148. The number of fused-ring (bicyclic) bond motifs is 1. The molecular formula is C11H18N2O2. The molecule has 2 aliphatic rings. The van der Waals surface area contributed by atoms with Crippen LogP contribution in [0.4, 0.5) is 0 Å². The highest BCUT2D eigenvalue weighted by Crippen LogP contribution is 2.23. The fraction of sp³-hybridized carbons (Fsp3) is 0.818. The van der Waals surface area contributed by atoms with Gasteiger partial charge in [0, 0.05) is 13.1 Å². The molecule has 1 atom stereocenters. The van der Waals surface area contributed by atoms with E-state index < -0.39 is 0 Å². The van der Waals surface area contributed by atoms with Crippen molar-refractivity contribution in [1.82, 2.24) is 9.80 Å². The molecule has 0 N–H and O–H groups in total. The van der Waals surface area contributed by atoms with Crippen LogP contribution >= 0.6 is 0 Å². The van der Waals surface area contributed by atoms with Gasteiger partial charge in [0.05, 0.1) is 6.54 Å². The van der Waals surface area contributed by atoms with E-state index in [2.05, 4.69) is 13.8 Å². The van der Waals surface area contributed by atoms with Gasteiger partial charge in [0.15, 0.2) is 0 Å². The van der Waals surface area contributed by atoms with Crippen LogP contribution in [0.1, 0.15) is 26.7 Å². The summed E-state index contributed by atoms with van der Waals surface area (Å²) in [6.07, 6.45) is 1.82. The van der Waals surface area contributed by atoms with Crippen LogP contribution < -0.4 is 0 Å². The van der Waals surface area contributed by atoms with Crippen LogP contribution in [0.25, 0.3) is 0 Å².